The van der Waals surface area contributed by atoms with E-state index in [1.807, 2.05) is 25.1 Å². The molecule has 1 heterocycles. The van der Waals surface area contributed by atoms with Crippen LogP contribution >= 0.6 is 11.3 Å². The van der Waals surface area contributed by atoms with Gasteiger partial charge < -0.3 is 14.8 Å². The van der Waals surface area contributed by atoms with E-state index in [9.17, 15) is 0 Å². The number of aryl methyl sites for hydroxylation is 1. The number of nitrogens with zero attached hydrogens (tertiary/aromatic N) is 1. The number of nitrogens with one attached hydrogen (secondary N) is 1. The van der Waals surface area contributed by atoms with Crippen molar-refractivity contribution in [3.05, 3.63) is 34.3 Å². The molecule has 0 saturated heterocycles. The fraction of sp³-hybridized carbons (Fsp3) is 0.308. The monoisotopic (exact) mass is 264 g/mol. The highest BCUT2D eigenvalue weighted by atomic mass is 32.1. The number of rotatable bonds is 5. The molecular weight excluding hydrogens is 248 g/mol. The summed E-state index contributed by atoms with van der Waals surface area (Å²) in [6.07, 6.45) is 0. The van der Waals surface area contributed by atoms with Crippen molar-refractivity contribution in [3.8, 4) is 11.5 Å². The molecule has 0 aliphatic rings. The first kappa shape index (κ1) is 12.7. The molecule has 1 aromatic carbocycles. The first-order chi connectivity index (χ1) is 8.71. The van der Waals surface area contributed by atoms with Crippen molar-refractivity contribution in [3.63, 3.8) is 0 Å². The van der Waals surface area contributed by atoms with E-state index in [2.05, 4.69) is 15.7 Å². The van der Waals surface area contributed by atoms with E-state index in [0.717, 1.165) is 27.9 Å². The number of ether oxygens (including phenoxy) is 2. The maximum atomic E-state index is 5.22. The van der Waals surface area contributed by atoms with Crippen LogP contribution in [0.2, 0.25) is 0 Å². The van der Waals surface area contributed by atoms with Gasteiger partial charge in [-0.1, -0.05) is 0 Å². The molecule has 4 nitrogen and oxygen atoms in total. The summed E-state index contributed by atoms with van der Waals surface area (Å²) >= 11 is 1.65. The van der Waals surface area contributed by atoms with Gasteiger partial charge in [0.25, 0.3) is 0 Å². The summed E-state index contributed by atoms with van der Waals surface area (Å²) in [6.45, 7) is 2.70. The molecule has 2 rings (SSSR count). The Morgan fingerprint density at radius 2 is 1.83 bits per heavy atom. The molecule has 18 heavy (non-hydrogen) atoms. The zero-order valence-corrected chi connectivity index (χ0v) is 11.5. The zero-order valence-electron chi connectivity index (χ0n) is 10.7. The Hall–Kier alpha value is -1.75. The van der Waals surface area contributed by atoms with Gasteiger partial charge in [0.2, 0.25) is 0 Å². The Morgan fingerprint density at radius 3 is 2.33 bits per heavy atom. The quantitative estimate of drug-likeness (QED) is 0.901. The third-order valence-electron chi connectivity index (χ3n) is 2.49. The number of hydrogen-bond donors (Lipinski definition) is 1. The molecule has 0 bridgehead atoms. The van der Waals surface area contributed by atoms with Crippen LogP contribution < -0.4 is 14.8 Å². The van der Waals surface area contributed by atoms with Gasteiger partial charge in [-0.3, -0.25) is 0 Å². The van der Waals surface area contributed by atoms with Crippen molar-refractivity contribution in [2.45, 2.75) is 13.5 Å². The van der Waals surface area contributed by atoms with Crippen LogP contribution in [0.5, 0.6) is 11.5 Å². The van der Waals surface area contributed by atoms with Gasteiger partial charge in [0.15, 0.2) is 0 Å². The number of thiazole rings is 1. The molecular formula is C13H16N2O2S. The fourth-order valence-electron chi connectivity index (χ4n) is 1.59. The predicted octanol–water partition coefficient (Wildman–Crippen LogP) is 3.08. The SMILES string of the molecule is COc1cc(NCc2csc(C)n2)cc(OC)c1. The van der Waals surface area contributed by atoms with E-state index in [-0.39, 0.29) is 0 Å². The van der Waals surface area contributed by atoms with Crippen molar-refractivity contribution < 1.29 is 9.47 Å². The molecule has 0 radical (unpaired) electrons. The van der Waals surface area contributed by atoms with Crippen molar-refractivity contribution >= 4 is 17.0 Å². The number of aromatic nitrogens is 1. The molecule has 1 N–H and O–H groups in total. The van der Waals surface area contributed by atoms with Crippen LogP contribution in [0.4, 0.5) is 5.69 Å². The smallest absolute Gasteiger partial charge is 0.124 e. The lowest BCUT2D eigenvalue weighted by Crippen LogP contribution is -2.00. The fourth-order valence-corrected chi connectivity index (χ4v) is 2.20. The average molecular weight is 264 g/mol. The average Bonchev–Trinajstić information content (AvgIpc) is 2.81. The zero-order chi connectivity index (χ0) is 13.0. The van der Waals surface area contributed by atoms with Crippen LogP contribution in [0, 0.1) is 6.92 Å². The summed E-state index contributed by atoms with van der Waals surface area (Å²) in [4.78, 5) is 4.40. The molecule has 0 saturated carbocycles. The van der Waals surface area contributed by atoms with Gasteiger partial charge >= 0.3 is 0 Å². The van der Waals surface area contributed by atoms with E-state index in [1.165, 1.54) is 0 Å². The first-order valence-corrected chi connectivity index (χ1v) is 6.47. The molecule has 5 heteroatoms. The minimum absolute atomic E-state index is 0.695. The second kappa shape index (κ2) is 5.73. The van der Waals surface area contributed by atoms with Crippen molar-refractivity contribution in [1.82, 2.24) is 4.98 Å². The number of benzene rings is 1. The van der Waals surface area contributed by atoms with E-state index in [4.69, 9.17) is 9.47 Å². The third-order valence-corrected chi connectivity index (χ3v) is 3.31. The number of methoxy groups -OCH3 is 2. The Balaban J connectivity index is 2.08. The van der Waals surface area contributed by atoms with Gasteiger partial charge in [0.05, 0.1) is 31.5 Å². The predicted molar refractivity (Wildman–Crippen MR) is 73.7 cm³/mol. The minimum Gasteiger partial charge on any atom is -0.497 e. The standard InChI is InChI=1S/C13H16N2O2S/c1-9-15-11(8-18-9)7-14-10-4-12(16-2)6-13(5-10)17-3/h4-6,8,14H,7H2,1-3H3. The van der Waals surface area contributed by atoms with Gasteiger partial charge in [-0.2, -0.15) is 0 Å². The number of anilines is 1. The van der Waals surface area contributed by atoms with E-state index < -0.39 is 0 Å². The molecule has 0 amide bonds. The van der Waals surface area contributed by atoms with Gasteiger partial charge in [0.1, 0.15) is 11.5 Å². The highest BCUT2D eigenvalue weighted by Crippen LogP contribution is 2.26. The molecule has 0 unspecified atom stereocenters. The lowest BCUT2D eigenvalue weighted by Gasteiger charge is -2.09. The summed E-state index contributed by atoms with van der Waals surface area (Å²) in [7, 11) is 3.28. The van der Waals surface area contributed by atoms with Crippen LogP contribution in [0.1, 0.15) is 10.7 Å². The highest BCUT2D eigenvalue weighted by molar-refractivity contribution is 7.09. The summed E-state index contributed by atoms with van der Waals surface area (Å²) in [5.74, 6) is 1.54. The van der Waals surface area contributed by atoms with E-state index >= 15 is 0 Å². The van der Waals surface area contributed by atoms with Crippen molar-refractivity contribution in [2.75, 3.05) is 19.5 Å². The highest BCUT2D eigenvalue weighted by Gasteiger charge is 2.03. The Labute approximate surface area is 111 Å². The summed E-state index contributed by atoms with van der Waals surface area (Å²) in [6, 6.07) is 5.71. The van der Waals surface area contributed by atoms with E-state index in [0.29, 0.717) is 6.54 Å². The van der Waals surface area contributed by atoms with Crippen LogP contribution in [0.3, 0.4) is 0 Å². The lowest BCUT2D eigenvalue weighted by molar-refractivity contribution is 0.394. The van der Waals surface area contributed by atoms with Gasteiger partial charge in [-0.15, -0.1) is 11.3 Å². The van der Waals surface area contributed by atoms with Gasteiger partial charge in [-0.25, -0.2) is 4.98 Å². The summed E-state index contributed by atoms with van der Waals surface area (Å²) in [5, 5.41) is 6.44. The Kier molecular flexibility index (Phi) is 4.04. The van der Waals surface area contributed by atoms with Crippen molar-refractivity contribution in [1.29, 1.82) is 0 Å². The third kappa shape index (κ3) is 3.13. The largest absolute Gasteiger partial charge is 0.497 e. The van der Waals surface area contributed by atoms with Crippen LogP contribution in [-0.4, -0.2) is 19.2 Å². The molecule has 0 fully saturated rings. The summed E-state index contributed by atoms with van der Waals surface area (Å²) in [5.41, 5.74) is 2.00. The molecule has 0 aliphatic carbocycles. The molecule has 2 aromatic rings. The second-order valence-electron chi connectivity index (χ2n) is 3.81. The minimum atomic E-state index is 0.695. The maximum Gasteiger partial charge on any atom is 0.124 e. The molecule has 96 valence electrons. The topological polar surface area (TPSA) is 43.4 Å². The van der Waals surface area contributed by atoms with Crippen LogP contribution in [0.25, 0.3) is 0 Å². The Morgan fingerprint density at radius 1 is 1.17 bits per heavy atom. The first-order valence-electron chi connectivity index (χ1n) is 5.59. The maximum absolute atomic E-state index is 5.22. The van der Waals surface area contributed by atoms with Gasteiger partial charge in [-0.05, 0) is 6.92 Å². The van der Waals surface area contributed by atoms with Crippen LogP contribution in [0.15, 0.2) is 23.6 Å². The van der Waals surface area contributed by atoms with Crippen LogP contribution in [-0.2, 0) is 6.54 Å². The molecule has 0 atom stereocenters. The molecule has 0 aliphatic heterocycles. The molecule has 0 spiro atoms. The Bertz CT molecular complexity index is 503. The lowest BCUT2D eigenvalue weighted by atomic mass is 10.2. The molecule has 1 aromatic heterocycles. The van der Waals surface area contributed by atoms with Crippen molar-refractivity contribution in [2.24, 2.45) is 0 Å². The van der Waals surface area contributed by atoms with E-state index in [1.54, 1.807) is 25.6 Å². The summed E-state index contributed by atoms with van der Waals surface area (Å²) < 4.78 is 10.4. The second-order valence-corrected chi connectivity index (χ2v) is 4.87. The normalized spacial score (nSPS) is 10.2. The number of hydrogen-bond acceptors (Lipinski definition) is 5. The van der Waals surface area contributed by atoms with Gasteiger partial charge in [0, 0.05) is 29.3 Å².